The van der Waals surface area contributed by atoms with Crippen LogP contribution < -0.4 is 5.32 Å². The summed E-state index contributed by atoms with van der Waals surface area (Å²) in [4.78, 5) is 15.9. The van der Waals surface area contributed by atoms with E-state index in [4.69, 9.17) is 0 Å². The maximum absolute atomic E-state index is 13.2. The van der Waals surface area contributed by atoms with Crippen LogP contribution in [0.25, 0.3) is 0 Å². The number of carbonyl (C=O) groups is 1. The first-order valence-corrected chi connectivity index (χ1v) is 6.74. The van der Waals surface area contributed by atoms with E-state index in [-0.39, 0.29) is 5.56 Å². The van der Waals surface area contributed by atoms with Gasteiger partial charge >= 0.3 is 6.18 Å². The van der Waals surface area contributed by atoms with Crippen LogP contribution in [0.4, 0.5) is 17.6 Å². The van der Waals surface area contributed by atoms with Gasteiger partial charge in [-0.3, -0.25) is 4.79 Å². The molecule has 3 nitrogen and oxygen atoms in total. The van der Waals surface area contributed by atoms with E-state index in [2.05, 4.69) is 10.3 Å². The Hall–Kier alpha value is -1.96. The molecule has 1 amide bonds. The Morgan fingerprint density at radius 2 is 2.10 bits per heavy atom. The maximum Gasteiger partial charge on any atom is 0.419 e. The van der Waals surface area contributed by atoms with Gasteiger partial charge in [-0.05, 0) is 25.1 Å². The van der Waals surface area contributed by atoms with E-state index in [1.807, 2.05) is 0 Å². The van der Waals surface area contributed by atoms with E-state index < -0.39 is 29.5 Å². The molecule has 8 heteroatoms. The molecule has 0 aliphatic rings. The van der Waals surface area contributed by atoms with Crippen LogP contribution in [0, 0.1) is 5.82 Å². The second-order valence-electron chi connectivity index (χ2n) is 4.26. The molecule has 0 aliphatic heterocycles. The number of halogens is 4. The average molecular weight is 318 g/mol. The number of hydrogen-bond acceptors (Lipinski definition) is 3. The molecular weight excluding hydrogens is 308 g/mol. The highest BCUT2D eigenvalue weighted by Gasteiger charge is 2.34. The van der Waals surface area contributed by atoms with Gasteiger partial charge in [0.2, 0.25) is 0 Å². The van der Waals surface area contributed by atoms with Crippen molar-refractivity contribution in [3.63, 3.8) is 0 Å². The van der Waals surface area contributed by atoms with Crippen LogP contribution in [-0.4, -0.2) is 10.9 Å². The van der Waals surface area contributed by atoms with Crippen LogP contribution in [0.1, 0.15) is 33.9 Å². The number of nitrogens with zero attached hydrogens (tertiary/aromatic N) is 1. The summed E-state index contributed by atoms with van der Waals surface area (Å²) in [5.41, 5.74) is -1.72. The Bertz CT molecular complexity index is 640. The molecule has 0 bridgehead atoms. The van der Waals surface area contributed by atoms with Crippen molar-refractivity contribution in [1.29, 1.82) is 0 Å². The van der Waals surface area contributed by atoms with Crippen LogP contribution >= 0.6 is 11.3 Å². The summed E-state index contributed by atoms with van der Waals surface area (Å²) in [5.74, 6) is -2.13. The fourth-order valence-electron chi connectivity index (χ4n) is 1.67. The largest absolute Gasteiger partial charge is 0.419 e. The van der Waals surface area contributed by atoms with Crippen molar-refractivity contribution >= 4 is 17.2 Å². The molecule has 2 aromatic rings. The topological polar surface area (TPSA) is 42.0 Å². The van der Waals surface area contributed by atoms with Crippen molar-refractivity contribution in [2.75, 3.05) is 0 Å². The molecule has 2 rings (SSSR count). The normalized spacial score (nSPS) is 13.0. The zero-order valence-electron chi connectivity index (χ0n) is 10.7. The summed E-state index contributed by atoms with van der Waals surface area (Å²) in [7, 11) is 0. The standard InChI is InChI=1S/C13H10F4N2OS/c1-7(12-18-4-5-21-12)19-11(20)8-2-3-10(14)9(6-8)13(15,16)17/h2-7H,1H3,(H,19,20). The smallest absolute Gasteiger partial charge is 0.343 e. The lowest BCUT2D eigenvalue weighted by Gasteiger charge is -2.13. The molecule has 1 aromatic heterocycles. The number of nitrogens with one attached hydrogen (secondary N) is 1. The minimum atomic E-state index is -4.85. The molecular formula is C13H10F4N2OS. The maximum atomic E-state index is 13.2. The summed E-state index contributed by atoms with van der Waals surface area (Å²) in [6, 6.07) is 1.69. The number of alkyl halides is 3. The molecule has 0 saturated carbocycles. The second-order valence-corrected chi connectivity index (χ2v) is 5.18. The fourth-order valence-corrected chi connectivity index (χ4v) is 2.32. The summed E-state index contributed by atoms with van der Waals surface area (Å²) >= 11 is 1.31. The van der Waals surface area contributed by atoms with Gasteiger partial charge in [-0.25, -0.2) is 9.37 Å². The van der Waals surface area contributed by atoms with E-state index in [0.717, 1.165) is 6.07 Å². The highest BCUT2D eigenvalue weighted by Crippen LogP contribution is 2.32. The molecule has 112 valence electrons. The first-order chi connectivity index (χ1) is 9.79. The van der Waals surface area contributed by atoms with Gasteiger partial charge in [0.25, 0.3) is 5.91 Å². The van der Waals surface area contributed by atoms with Crippen LogP contribution in [0.5, 0.6) is 0 Å². The van der Waals surface area contributed by atoms with Gasteiger partial charge in [-0.1, -0.05) is 0 Å². The zero-order valence-corrected chi connectivity index (χ0v) is 11.6. The highest BCUT2D eigenvalue weighted by molar-refractivity contribution is 7.09. The van der Waals surface area contributed by atoms with Crippen molar-refractivity contribution < 1.29 is 22.4 Å². The minimum Gasteiger partial charge on any atom is -0.343 e. The first-order valence-electron chi connectivity index (χ1n) is 5.86. The van der Waals surface area contributed by atoms with E-state index in [1.165, 1.54) is 11.3 Å². The third-order valence-electron chi connectivity index (χ3n) is 2.70. The quantitative estimate of drug-likeness (QED) is 0.875. The van der Waals surface area contributed by atoms with Crippen molar-refractivity contribution in [3.8, 4) is 0 Å². The Morgan fingerprint density at radius 1 is 1.38 bits per heavy atom. The molecule has 1 unspecified atom stereocenters. The Balaban J connectivity index is 2.20. The van der Waals surface area contributed by atoms with E-state index >= 15 is 0 Å². The van der Waals surface area contributed by atoms with Crippen molar-refractivity contribution in [2.45, 2.75) is 19.1 Å². The minimum absolute atomic E-state index is 0.257. The number of hydrogen-bond donors (Lipinski definition) is 1. The predicted molar refractivity (Wildman–Crippen MR) is 69.4 cm³/mol. The molecule has 1 aromatic carbocycles. The van der Waals surface area contributed by atoms with Gasteiger partial charge in [0.15, 0.2) is 0 Å². The fraction of sp³-hybridized carbons (Fsp3) is 0.231. The molecule has 0 saturated heterocycles. The van der Waals surface area contributed by atoms with Crippen LogP contribution in [0.2, 0.25) is 0 Å². The molecule has 0 spiro atoms. The van der Waals surface area contributed by atoms with Crippen LogP contribution in [-0.2, 0) is 6.18 Å². The molecule has 1 N–H and O–H groups in total. The first kappa shape index (κ1) is 15.4. The summed E-state index contributed by atoms with van der Waals surface area (Å²) < 4.78 is 50.9. The number of thiazole rings is 1. The van der Waals surface area contributed by atoms with Crippen molar-refractivity contribution in [3.05, 3.63) is 51.7 Å². The van der Waals surface area contributed by atoms with E-state index in [1.54, 1.807) is 18.5 Å². The lowest BCUT2D eigenvalue weighted by molar-refractivity contribution is -0.140. The third kappa shape index (κ3) is 3.57. The van der Waals surface area contributed by atoms with Crippen LogP contribution in [0.3, 0.4) is 0 Å². The molecule has 1 atom stereocenters. The average Bonchev–Trinajstić information content (AvgIpc) is 2.91. The Labute approximate surface area is 121 Å². The second kappa shape index (κ2) is 5.80. The summed E-state index contributed by atoms with van der Waals surface area (Å²) in [5, 5.41) is 4.86. The predicted octanol–water partition coefficient (Wildman–Crippen LogP) is 3.79. The van der Waals surface area contributed by atoms with Crippen LogP contribution in [0.15, 0.2) is 29.8 Å². The molecule has 0 fully saturated rings. The van der Waals surface area contributed by atoms with E-state index in [0.29, 0.717) is 17.1 Å². The van der Waals surface area contributed by atoms with Gasteiger partial charge in [0.05, 0.1) is 11.6 Å². The molecule has 1 heterocycles. The number of carbonyl (C=O) groups excluding carboxylic acids is 1. The lowest BCUT2D eigenvalue weighted by atomic mass is 10.1. The SMILES string of the molecule is CC(NC(=O)c1ccc(F)c(C(F)(F)F)c1)c1nccs1. The van der Waals surface area contributed by atoms with Gasteiger partial charge in [0, 0.05) is 17.1 Å². The number of benzene rings is 1. The highest BCUT2D eigenvalue weighted by atomic mass is 32.1. The lowest BCUT2D eigenvalue weighted by Crippen LogP contribution is -2.27. The monoisotopic (exact) mass is 318 g/mol. The summed E-state index contributed by atoms with van der Waals surface area (Å²) in [6.07, 6.45) is -3.29. The number of rotatable bonds is 3. The van der Waals surface area contributed by atoms with E-state index in [9.17, 15) is 22.4 Å². The van der Waals surface area contributed by atoms with Gasteiger partial charge < -0.3 is 5.32 Å². The Kier molecular flexibility index (Phi) is 4.26. The van der Waals surface area contributed by atoms with Crippen molar-refractivity contribution in [2.24, 2.45) is 0 Å². The molecule has 21 heavy (non-hydrogen) atoms. The zero-order chi connectivity index (χ0) is 15.6. The van der Waals surface area contributed by atoms with Crippen molar-refractivity contribution in [1.82, 2.24) is 10.3 Å². The molecule has 0 radical (unpaired) electrons. The van der Waals surface area contributed by atoms with Gasteiger partial charge in [-0.15, -0.1) is 11.3 Å². The van der Waals surface area contributed by atoms with Gasteiger partial charge in [-0.2, -0.15) is 13.2 Å². The summed E-state index contributed by atoms with van der Waals surface area (Å²) in [6.45, 7) is 1.66. The molecule has 0 aliphatic carbocycles. The number of aromatic nitrogens is 1. The van der Waals surface area contributed by atoms with Gasteiger partial charge in [0.1, 0.15) is 10.8 Å². The Morgan fingerprint density at radius 3 is 2.67 bits per heavy atom. The third-order valence-corrected chi connectivity index (χ3v) is 3.66. The number of amides is 1.